The maximum Gasteiger partial charge on any atom is 0.255 e. The number of hydrogen-bond donors (Lipinski definition) is 0. The van der Waals surface area contributed by atoms with E-state index in [0.29, 0.717) is 5.69 Å². The molecule has 0 bridgehead atoms. The number of hydrogen-bond acceptors (Lipinski definition) is 3. The summed E-state index contributed by atoms with van der Waals surface area (Å²) in [5.41, 5.74) is 3.63. The number of fused-ring (bicyclic) bond motifs is 1. The summed E-state index contributed by atoms with van der Waals surface area (Å²) in [5, 5.41) is 0. The lowest BCUT2D eigenvalue weighted by molar-refractivity contribution is -0.127. The van der Waals surface area contributed by atoms with Crippen molar-refractivity contribution in [3.8, 4) is 11.1 Å². The summed E-state index contributed by atoms with van der Waals surface area (Å²) < 4.78 is 0. The number of carbonyl (C=O) groups is 2. The predicted octanol–water partition coefficient (Wildman–Crippen LogP) is 2.85. The molecule has 4 heteroatoms. The first-order valence-corrected chi connectivity index (χ1v) is 7.21. The number of carbonyl (C=O) groups excluding carboxylic acids is 2. The van der Waals surface area contributed by atoms with Crippen molar-refractivity contribution in [3.05, 3.63) is 54.1 Å². The lowest BCUT2D eigenvalue weighted by Crippen LogP contribution is -2.37. The van der Waals surface area contributed by atoms with Crippen molar-refractivity contribution >= 4 is 17.5 Å². The summed E-state index contributed by atoms with van der Waals surface area (Å²) in [6, 6.07) is 15.4. The molecule has 1 aliphatic rings. The predicted molar refractivity (Wildman–Crippen MR) is 86.5 cm³/mol. The minimum atomic E-state index is -0.399. The molecule has 0 saturated heterocycles. The summed E-state index contributed by atoms with van der Waals surface area (Å²) in [5.74, 6) is -0.432. The van der Waals surface area contributed by atoms with Crippen LogP contribution in [0.5, 0.6) is 0 Å². The third kappa shape index (κ3) is 2.22. The van der Waals surface area contributed by atoms with Crippen LogP contribution in [0.3, 0.4) is 0 Å². The Morgan fingerprint density at radius 1 is 1.05 bits per heavy atom. The van der Waals surface area contributed by atoms with Crippen molar-refractivity contribution in [1.82, 2.24) is 4.90 Å². The van der Waals surface area contributed by atoms with Gasteiger partial charge in [-0.25, -0.2) is 4.90 Å². The summed E-state index contributed by atoms with van der Waals surface area (Å²) in [4.78, 5) is 27.6. The van der Waals surface area contributed by atoms with Crippen LogP contribution in [0.1, 0.15) is 18.5 Å². The lowest BCUT2D eigenvalue weighted by atomic mass is 10.0. The average molecular weight is 294 g/mol. The van der Waals surface area contributed by atoms with E-state index in [0.717, 1.165) is 16.7 Å². The zero-order chi connectivity index (χ0) is 15.9. The second kappa shape index (κ2) is 5.39. The third-order valence-electron chi connectivity index (χ3n) is 3.96. The Morgan fingerprint density at radius 3 is 2.32 bits per heavy atom. The average Bonchev–Trinajstić information content (AvgIpc) is 2.79. The molecule has 2 amide bonds. The van der Waals surface area contributed by atoms with Gasteiger partial charge in [0.2, 0.25) is 5.91 Å². The van der Waals surface area contributed by atoms with Crippen molar-refractivity contribution in [2.75, 3.05) is 19.0 Å². The van der Waals surface area contributed by atoms with Crippen LogP contribution in [-0.4, -0.2) is 30.8 Å². The molecule has 1 heterocycles. The maximum atomic E-state index is 12.6. The van der Waals surface area contributed by atoms with E-state index >= 15 is 0 Å². The van der Waals surface area contributed by atoms with Gasteiger partial charge >= 0.3 is 0 Å². The molecule has 1 atom stereocenters. The van der Waals surface area contributed by atoms with E-state index < -0.39 is 6.04 Å². The second-order valence-electron chi connectivity index (χ2n) is 5.70. The third-order valence-corrected chi connectivity index (χ3v) is 3.96. The quantitative estimate of drug-likeness (QED) is 0.855. The van der Waals surface area contributed by atoms with Gasteiger partial charge in [0, 0.05) is 12.5 Å². The van der Waals surface area contributed by atoms with E-state index in [9.17, 15) is 9.59 Å². The van der Waals surface area contributed by atoms with Gasteiger partial charge in [0.1, 0.15) is 6.04 Å². The van der Waals surface area contributed by atoms with Crippen molar-refractivity contribution in [1.29, 1.82) is 0 Å². The molecule has 0 aromatic heterocycles. The van der Waals surface area contributed by atoms with Crippen LogP contribution in [0.2, 0.25) is 0 Å². The van der Waals surface area contributed by atoms with E-state index in [1.807, 2.05) is 67.5 Å². The topological polar surface area (TPSA) is 40.6 Å². The van der Waals surface area contributed by atoms with Crippen LogP contribution in [-0.2, 0) is 9.59 Å². The van der Waals surface area contributed by atoms with E-state index in [4.69, 9.17) is 0 Å². The fourth-order valence-corrected chi connectivity index (χ4v) is 2.98. The molecule has 1 aliphatic heterocycles. The van der Waals surface area contributed by atoms with Gasteiger partial charge in [0.25, 0.3) is 5.91 Å². The molecule has 22 heavy (non-hydrogen) atoms. The van der Waals surface area contributed by atoms with E-state index in [2.05, 4.69) is 0 Å². The molecular weight excluding hydrogens is 276 g/mol. The molecule has 0 saturated carbocycles. The zero-order valence-corrected chi connectivity index (χ0v) is 12.9. The molecule has 2 aromatic rings. The summed E-state index contributed by atoms with van der Waals surface area (Å²) in [6.07, 6.45) is 0. The Morgan fingerprint density at radius 2 is 1.73 bits per heavy atom. The van der Waals surface area contributed by atoms with Crippen molar-refractivity contribution in [2.45, 2.75) is 13.0 Å². The summed E-state index contributed by atoms with van der Waals surface area (Å²) >= 11 is 0. The lowest BCUT2D eigenvalue weighted by Gasteiger charge is -2.18. The van der Waals surface area contributed by atoms with Gasteiger partial charge in [-0.2, -0.15) is 0 Å². The minimum Gasteiger partial charge on any atom is -0.294 e. The van der Waals surface area contributed by atoms with E-state index in [1.165, 1.54) is 11.8 Å². The second-order valence-corrected chi connectivity index (χ2v) is 5.70. The highest BCUT2D eigenvalue weighted by atomic mass is 16.2. The molecule has 0 fully saturated rings. The number of likely N-dealkylation sites (N-methyl/N-ethyl adjacent to an activating group) is 1. The highest BCUT2D eigenvalue weighted by Gasteiger charge is 2.40. The first-order chi connectivity index (χ1) is 10.5. The largest absolute Gasteiger partial charge is 0.294 e. The Balaban J connectivity index is 2.15. The van der Waals surface area contributed by atoms with Crippen LogP contribution in [0.25, 0.3) is 11.1 Å². The zero-order valence-electron chi connectivity index (χ0n) is 12.9. The molecule has 1 unspecified atom stereocenters. The Bertz CT molecular complexity index is 738. The molecule has 112 valence electrons. The van der Waals surface area contributed by atoms with Crippen molar-refractivity contribution in [2.24, 2.45) is 0 Å². The highest BCUT2D eigenvalue weighted by Crippen LogP contribution is 2.40. The van der Waals surface area contributed by atoms with Gasteiger partial charge in [-0.1, -0.05) is 42.5 Å². The number of benzene rings is 2. The van der Waals surface area contributed by atoms with Gasteiger partial charge in [-0.3, -0.25) is 14.5 Å². The first kappa shape index (κ1) is 14.5. The SMILES string of the molecule is CC(=O)N1C(=O)C(N(C)C)c2ccc(-c3ccccc3)cc21. The van der Waals surface area contributed by atoms with Gasteiger partial charge < -0.3 is 0 Å². The van der Waals surface area contributed by atoms with Gasteiger partial charge in [0.15, 0.2) is 0 Å². The van der Waals surface area contributed by atoms with Gasteiger partial charge in [0.05, 0.1) is 5.69 Å². The monoisotopic (exact) mass is 294 g/mol. The van der Waals surface area contributed by atoms with Crippen LogP contribution in [0.4, 0.5) is 5.69 Å². The van der Waals surface area contributed by atoms with Crippen LogP contribution >= 0.6 is 0 Å². The Kier molecular flexibility index (Phi) is 3.54. The van der Waals surface area contributed by atoms with Crippen LogP contribution < -0.4 is 4.90 Å². The van der Waals surface area contributed by atoms with Crippen molar-refractivity contribution in [3.63, 3.8) is 0 Å². The standard InChI is InChI=1S/C18H18N2O2/c1-12(21)20-16-11-14(13-7-5-4-6-8-13)9-10-15(16)17(18(20)22)19(2)3/h4-11,17H,1-3H3. The van der Waals surface area contributed by atoms with Crippen molar-refractivity contribution < 1.29 is 9.59 Å². The molecule has 3 rings (SSSR count). The molecular formula is C18H18N2O2. The van der Waals surface area contributed by atoms with E-state index in [-0.39, 0.29) is 11.8 Å². The first-order valence-electron chi connectivity index (χ1n) is 7.21. The smallest absolute Gasteiger partial charge is 0.255 e. The molecule has 4 nitrogen and oxygen atoms in total. The van der Waals surface area contributed by atoms with E-state index in [1.54, 1.807) is 0 Å². The normalized spacial score (nSPS) is 17.0. The molecule has 0 spiro atoms. The molecule has 2 aromatic carbocycles. The number of rotatable bonds is 2. The fourth-order valence-electron chi connectivity index (χ4n) is 2.98. The summed E-state index contributed by atoms with van der Waals surface area (Å²) in [6.45, 7) is 1.43. The Hall–Kier alpha value is -2.46. The van der Waals surface area contributed by atoms with Gasteiger partial charge in [-0.15, -0.1) is 0 Å². The molecule has 0 radical (unpaired) electrons. The molecule has 0 aliphatic carbocycles. The minimum absolute atomic E-state index is 0.183. The Labute approximate surface area is 130 Å². The molecule has 0 N–H and O–H groups in total. The maximum absolute atomic E-state index is 12.6. The van der Waals surface area contributed by atoms with Crippen LogP contribution in [0, 0.1) is 0 Å². The fraction of sp³-hybridized carbons (Fsp3) is 0.222. The van der Waals surface area contributed by atoms with Gasteiger partial charge in [-0.05, 0) is 31.3 Å². The summed E-state index contributed by atoms with van der Waals surface area (Å²) in [7, 11) is 3.70. The number of amides is 2. The van der Waals surface area contributed by atoms with Crippen LogP contribution in [0.15, 0.2) is 48.5 Å². The number of nitrogens with zero attached hydrogens (tertiary/aromatic N) is 2. The highest BCUT2D eigenvalue weighted by molar-refractivity contribution is 6.20. The number of imide groups is 1. The number of anilines is 1.